The zero-order valence-corrected chi connectivity index (χ0v) is 9.27. The number of nitrogens with zero attached hydrogens (tertiary/aromatic N) is 1. The number of amides is 1. The molecule has 0 fully saturated rings. The molecule has 1 N–H and O–H groups in total. The highest BCUT2D eigenvalue weighted by Crippen LogP contribution is 2.36. The van der Waals surface area contributed by atoms with Crippen molar-refractivity contribution < 1.29 is 18.0 Å². The van der Waals surface area contributed by atoms with Crippen LogP contribution in [0.25, 0.3) is 0 Å². The Kier molecular flexibility index (Phi) is 2.91. The molecule has 1 amide bonds. The molecule has 7 heteroatoms. The SMILES string of the molecule is O=C1CN(CC(F)(F)F)c2cccc(Cl)c2N1. The minimum absolute atomic E-state index is 0.225. The Labute approximate surface area is 100 Å². The van der Waals surface area contributed by atoms with Gasteiger partial charge in [-0.2, -0.15) is 13.2 Å². The predicted octanol–water partition coefficient (Wildman–Crippen LogP) is 2.66. The number of hydrogen-bond donors (Lipinski definition) is 1. The summed E-state index contributed by atoms with van der Waals surface area (Å²) in [5.41, 5.74) is 0.518. The van der Waals surface area contributed by atoms with E-state index in [1.54, 1.807) is 6.07 Å². The Morgan fingerprint density at radius 1 is 1.41 bits per heavy atom. The smallest absolute Gasteiger partial charge is 0.351 e. The summed E-state index contributed by atoms with van der Waals surface area (Å²) in [5.74, 6) is -0.505. The van der Waals surface area contributed by atoms with Crippen LogP contribution >= 0.6 is 11.6 Å². The van der Waals surface area contributed by atoms with Gasteiger partial charge in [0.1, 0.15) is 6.54 Å². The summed E-state index contributed by atoms with van der Waals surface area (Å²) in [7, 11) is 0. The van der Waals surface area contributed by atoms with Gasteiger partial charge in [0, 0.05) is 0 Å². The van der Waals surface area contributed by atoms with Crippen LogP contribution in [-0.2, 0) is 4.79 Å². The summed E-state index contributed by atoms with van der Waals surface area (Å²) in [5, 5.41) is 2.69. The normalized spacial score (nSPS) is 15.5. The number of nitrogens with one attached hydrogen (secondary N) is 1. The topological polar surface area (TPSA) is 32.3 Å². The maximum Gasteiger partial charge on any atom is 0.405 e. The lowest BCUT2D eigenvalue weighted by molar-refractivity contribution is -0.122. The summed E-state index contributed by atoms with van der Waals surface area (Å²) in [4.78, 5) is 12.3. The molecule has 0 bridgehead atoms. The molecule has 0 aromatic heterocycles. The second-order valence-electron chi connectivity index (χ2n) is 3.65. The third kappa shape index (κ3) is 2.63. The first kappa shape index (κ1) is 12.0. The number of alkyl halides is 3. The summed E-state index contributed by atoms with van der Waals surface area (Å²) in [6.07, 6.45) is -4.36. The zero-order valence-electron chi connectivity index (χ0n) is 8.51. The van der Waals surface area contributed by atoms with E-state index < -0.39 is 18.6 Å². The van der Waals surface area contributed by atoms with Gasteiger partial charge < -0.3 is 10.2 Å². The summed E-state index contributed by atoms with van der Waals surface area (Å²) in [6, 6.07) is 4.55. The van der Waals surface area contributed by atoms with Crippen molar-refractivity contribution in [2.24, 2.45) is 0 Å². The zero-order chi connectivity index (χ0) is 12.6. The lowest BCUT2D eigenvalue weighted by Crippen LogP contribution is -2.43. The van der Waals surface area contributed by atoms with Gasteiger partial charge >= 0.3 is 6.18 Å². The summed E-state index contributed by atoms with van der Waals surface area (Å²) >= 11 is 5.82. The predicted molar refractivity (Wildman–Crippen MR) is 58.3 cm³/mol. The number of halogens is 4. The minimum Gasteiger partial charge on any atom is -0.351 e. The van der Waals surface area contributed by atoms with Crippen LogP contribution in [0.5, 0.6) is 0 Å². The number of anilines is 2. The van der Waals surface area contributed by atoms with Gasteiger partial charge in [-0.15, -0.1) is 0 Å². The largest absolute Gasteiger partial charge is 0.405 e. The third-order valence-corrected chi connectivity index (χ3v) is 2.62. The Morgan fingerprint density at radius 3 is 2.76 bits per heavy atom. The lowest BCUT2D eigenvalue weighted by Gasteiger charge is -2.31. The molecule has 1 aromatic carbocycles. The van der Waals surface area contributed by atoms with Gasteiger partial charge in [-0.25, -0.2) is 0 Å². The van der Waals surface area contributed by atoms with Gasteiger partial charge in [0.05, 0.1) is 22.9 Å². The van der Waals surface area contributed by atoms with Crippen molar-refractivity contribution in [1.82, 2.24) is 0 Å². The average molecular weight is 265 g/mol. The van der Waals surface area contributed by atoms with Gasteiger partial charge in [-0.3, -0.25) is 4.79 Å². The van der Waals surface area contributed by atoms with Crippen molar-refractivity contribution in [3.8, 4) is 0 Å². The van der Waals surface area contributed by atoms with Crippen LogP contribution in [0.15, 0.2) is 18.2 Å². The quantitative estimate of drug-likeness (QED) is 0.846. The van der Waals surface area contributed by atoms with E-state index in [1.165, 1.54) is 12.1 Å². The number of carbonyl (C=O) groups is 1. The molecule has 0 radical (unpaired) electrons. The Balaban J connectivity index is 2.38. The average Bonchev–Trinajstić information content (AvgIpc) is 2.17. The van der Waals surface area contributed by atoms with E-state index in [0.29, 0.717) is 0 Å². The molecule has 92 valence electrons. The maximum absolute atomic E-state index is 12.4. The van der Waals surface area contributed by atoms with Crippen LogP contribution in [0.3, 0.4) is 0 Å². The summed E-state index contributed by atoms with van der Waals surface area (Å²) in [6.45, 7) is -1.50. The summed E-state index contributed by atoms with van der Waals surface area (Å²) < 4.78 is 37.1. The molecule has 3 nitrogen and oxygen atoms in total. The Hall–Kier alpha value is -1.43. The molecule has 1 aromatic rings. The van der Waals surface area contributed by atoms with Crippen molar-refractivity contribution in [2.45, 2.75) is 6.18 Å². The molecule has 0 aliphatic carbocycles. The van der Waals surface area contributed by atoms with Crippen molar-refractivity contribution in [3.05, 3.63) is 23.2 Å². The van der Waals surface area contributed by atoms with E-state index in [9.17, 15) is 18.0 Å². The standard InChI is InChI=1S/C10H8ClF3N2O/c11-6-2-1-3-7-9(6)15-8(17)4-16(7)5-10(12,13)14/h1-3H,4-5H2,(H,15,17). The van der Waals surface area contributed by atoms with E-state index in [0.717, 1.165) is 4.90 Å². The minimum atomic E-state index is -4.36. The van der Waals surface area contributed by atoms with Crippen LogP contribution < -0.4 is 10.2 Å². The number of fused-ring (bicyclic) bond motifs is 1. The molecule has 0 unspecified atom stereocenters. The molecular formula is C10H8ClF3N2O. The van der Waals surface area contributed by atoms with Crippen molar-refractivity contribution in [2.75, 3.05) is 23.3 Å². The number of para-hydroxylation sites is 1. The first-order valence-electron chi connectivity index (χ1n) is 4.77. The van der Waals surface area contributed by atoms with Crippen molar-refractivity contribution in [3.63, 3.8) is 0 Å². The first-order valence-corrected chi connectivity index (χ1v) is 5.15. The van der Waals surface area contributed by atoms with Gasteiger partial charge in [-0.1, -0.05) is 17.7 Å². The molecule has 0 saturated heterocycles. The van der Waals surface area contributed by atoms with Gasteiger partial charge in [-0.05, 0) is 12.1 Å². The fourth-order valence-electron chi connectivity index (χ4n) is 1.69. The van der Waals surface area contributed by atoms with Crippen LogP contribution in [-0.4, -0.2) is 25.2 Å². The van der Waals surface area contributed by atoms with Crippen molar-refractivity contribution >= 4 is 28.9 Å². The van der Waals surface area contributed by atoms with Crippen LogP contribution in [0, 0.1) is 0 Å². The van der Waals surface area contributed by atoms with E-state index in [-0.39, 0.29) is 22.9 Å². The third-order valence-electron chi connectivity index (χ3n) is 2.30. The monoisotopic (exact) mass is 264 g/mol. The molecule has 2 rings (SSSR count). The highest BCUT2D eigenvalue weighted by Gasteiger charge is 2.34. The fraction of sp³-hybridized carbons (Fsp3) is 0.300. The highest BCUT2D eigenvalue weighted by atomic mass is 35.5. The number of carbonyl (C=O) groups excluding carboxylic acids is 1. The second kappa shape index (κ2) is 4.10. The maximum atomic E-state index is 12.4. The molecule has 0 atom stereocenters. The number of benzene rings is 1. The Bertz CT molecular complexity index is 461. The van der Waals surface area contributed by atoms with E-state index >= 15 is 0 Å². The second-order valence-corrected chi connectivity index (χ2v) is 4.06. The fourth-order valence-corrected chi connectivity index (χ4v) is 1.91. The molecule has 1 aliphatic rings. The molecule has 1 heterocycles. The van der Waals surface area contributed by atoms with Crippen LogP contribution in [0.1, 0.15) is 0 Å². The van der Waals surface area contributed by atoms with Crippen LogP contribution in [0.2, 0.25) is 5.02 Å². The number of rotatable bonds is 1. The molecule has 17 heavy (non-hydrogen) atoms. The number of hydrogen-bond acceptors (Lipinski definition) is 2. The first-order chi connectivity index (χ1) is 7.87. The molecule has 0 spiro atoms. The molecule has 1 aliphatic heterocycles. The lowest BCUT2D eigenvalue weighted by atomic mass is 10.2. The van der Waals surface area contributed by atoms with E-state index in [4.69, 9.17) is 11.6 Å². The van der Waals surface area contributed by atoms with Gasteiger partial charge in [0.25, 0.3) is 0 Å². The Morgan fingerprint density at radius 2 is 2.12 bits per heavy atom. The van der Waals surface area contributed by atoms with E-state index in [2.05, 4.69) is 5.32 Å². The van der Waals surface area contributed by atoms with E-state index in [1.807, 2.05) is 0 Å². The highest BCUT2D eigenvalue weighted by molar-refractivity contribution is 6.34. The van der Waals surface area contributed by atoms with Gasteiger partial charge in [0.15, 0.2) is 0 Å². The van der Waals surface area contributed by atoms with Crippen LogP contribution in [0.4, 0.5) is 24.5 Å². The van der Waals surface area contributed by atoms with Gasteiger partial charge in [0.2, 0.25) is 5.91 Å². The molecular weight excluding hydrogens is 257 g/mol. The van der Waals surface area contributed by atoms with Crippen molar-refractivity contribution in [1.29, 1.82) is 0 Å². The molecule has 0 saturated carbocycles.